The van der Waals surface area contributed by atoms with Crippen LogP contribution in [0.25, 0.3) is 0 Å². The summed E-state index contributed by atoms with van der Waals surface area (Å²) in [5.41, 5.74) is 6.38. The highest BCUT2D eigenvalue weighted by atomic mass is 16.5. The minimum atomic E-state index is -0.459. The first-order valence-electron chi connectivity index (χ1n) is 8.65. The predicted molar refractivity (Wildman–Crippen MR) is 91.2 cm³/mol. The Kier molecular flexibility index (Phi) is 7.49. The fourth-order valence-corrected chi connectivity index (χ4v) is 2.99. The van der Waals surface area contributed by atoms with Crippen LogP contribution in [-0.2, 0) is 11.3 Å². The van der Waals surface area contributed by atoms with Crippen LogP contribution in [0.15, 0.2) is 30.3 Å². The quantitative estimate of drug-likeness (QED) is 0.672. The van der Waals surface area contributed by atoms with E-state index in [1.54, 1.807) is 0 Å². The summed E-state index contributed by atoms with van der Waals surface area (Å²) in [5, 5.41) is 21.1. The molecule has 134 valence electrons. The fraction of sp³-hybridized carbons (Fsp3) is 0.611. The Hall–Kier alpha value is -1.63. The van der Waals surface area contributed by atoms with Crippen LogP contribution in [-0.4, -0.2) is 40.6 Å². The van der Waals surface area contributed by atoms with Crippen molar-refractivity contribution < 1.29 is 19.7 Å². The second-order valence-corrected chi connectivity index (χ2v) is 6.47. The van der Waals surface area contributed by atoms with Gasteiger partial charge in [-0.15, -0.1) is 0 Å². The molecule has 1 amide bonds. The standard InChI is InChI=1S/C13H17NO3.C5H11NO/c15-12-8-4-7-11(12)14-13(16)17-9-10-5-2-1-3-6-10;6-4-2-1-3-5(4)7/h1-3,5-6,11-12,15H,4,7-9H2,(H,14,16);4-5,7H,1-3,6H2/t11-,12-;4-,5-/m00/s1. The Morgan fingerprint density at radius 2 is 1.75 bits per heavy atom. The van der Waals surface area contributed by atoms with Crippen LogP contribution in [0, 0.1) is 0 Å². The number of aliphatic hydroxyl groups is 2. The van der Waals surface area contributed by atoms with Crippen molar-refractivity contribution in [3.63, 3.8) is 0 Å². The topological polar surface area (TPSA) is 105 Å². The van der Waals surface area contributed by atoms with Crippen molar-refractivity contribution in [3.05, 3.63) is 35.9 Å². The smallest absolute Gasteiger partial charge is 0.407 e. The molecule has 6 heteroatoms. The average molecular weight is 336 g/mol. The summed E-state index contributed by atoms with van der Waals surface area (Å²) in [6.07, 6.45) is 4.43. The van der Waals surface area contributed by atoms with Gasteiger partial charge in [0.1, 0.15) is 6.61 Å². The molecular weight excluding hydrogens is 308 g/mol. The van der Waals surface area contributed by atoms with Gasteiger partial charge in [0.15, 0.2) is 0 Å². The summed E-state index contributed by atoms with van der Waals surface area (Å²) in [7, 11) is 0. The first-order valence-corrected chi connectivity index (χ1v) is 8.65. The van der Waals surface area contributed by atoms with Gasteiger partial charge in [-0.2, -0.15) is 0 Å². The molecule has 0 unspecified atom stereocenters. The van der Waals surface area contributed by atoms with Crippen molar-refractivity contribution in [2.45, 2.75) is 69.4 Å². The van der Waals surface area contributed by atoms with E-state index in [0.717, 1.165) is 44.1 Å². The molecule has 3 rings (SSSR count). The molecule has 6 nitrogen and oxygen atoms in total. The first kappa shape index (κ1) is 18.7. The van der Waals surface area contributed by atoms with Crippen LogP contribution in [0.4, 0.5) is 4.79 Å². The predicted octanol–water partition coefficient (Wildman–Crippen LogP) is 1.68. The van der Waals surface area contributed by atoms with Crippen LogP contribution in [0.1, 0.15) is 44.1 Å². The number of hydrogen-bond donors (Lipinski definition) is 4. The van der Waals surface area contributed by atoms with Gasteiger partial charge in [-0.25, -0.2) is 4.79 Å². The van der Waals surface area contributed by atoms with E-state index in [-0.39, 0.29) is 24.8 Å². The molecule has 4 atom stereocenters. The number of benzene rings is 1. The van der Waals surface area contributed by atoms with Crippen molar-refractivity contribution in [2.24, 2.45) is 5.73 Å². The number of nitrogens with one attached hydrogen (secondary N) is 1. The lowest BCUT2D eigenvalue weighted by Gasteiger charge is -2.16. The summed E-state index contributed by atoms with van der Waals surface area (Å²) < 4.78 is 5.08. The largest absolute Gasteiger partial charge is 0.445 e. The summed E-state index contributed by atoms with van der Waals surface area (Å²) in [6.45, 7) is 0.259. The van der Waals surface area contributed by atoms with Crippen LogP contribution >= 0.6 is 0 Å². The van der Waals surface area contributed by atoms with E-state index in [1.165, 1.54) is 0 Å². The second kappa shape index (κ2) is 9.61. The molecule has 0 spiro atoms. The number of carbonyl (C=O) groups excluding carboxylic acids is 1. The molecule has 2 aliphatic rings. The van der Waals surface area contributed by atoms with Gasteiger partial charge in [0, 0.05) is 6.04 Å². The van der Waals surface area contributed by atoms with E-state index in [2.05, 4.69) is 5.32 Å². The van der Waals surface area contributed by atoms with Crippen molar-refractivity contribution in [1.82, 2.24) is 5.32 Å². The van der Waals surface area contributed by atoms with Crippen LogP contribution in [0.5, 0.6) is 0 Å². The molecule has 0 radical (unpaired) electrons. The van der Waals surface area contributed by atoms with E-state index in [1.807, 2.05) is 30.3 Å². The van der Waals surface area contributed by atoms with Gasteiger partial charge >= 0.3 is 6.09 Å². The van der Waals surface area contributed by atoms with Crippen molar-refractivity contribution >= 4 is 6.09 Å². The number of hydrogen-bond acceptors (Lipinski definition) is 5. The third-order valence-corrected chi connectivity index (χ3v) is 4.53. The molecule has 24 heavy (non-hydrogen) atoms. The Balaban J connectivity index is 0.000000249. The Bertz CT molecular complexity index is 489. The summed E-state index contributed by atoms with van der Waals surface area (Å²) >= 11 is 0. The lowest BCUT2D eigenvalue weighted by Crippen LogP contribution is -2.40. The van der Waals surface area contributed by atoms with Gasteiger partial charge in [0.05, 0.1) is 18.2 Å². The zero-order valence-corrected chi connectivity index (χ0v) is 13.9. The minimum Gasteiger partial charge on any atom is -0.445 e. The Morgan fingerprint density at radius 3 is 2.25 bits per heavy atom. The van der Waals surface area contributed by atoms with Crippen LogP contribution in [0.3, 0.4) is 0 Å². The lowest BCUT2D eigenvalue weighted by molar-refractivity contribution is 0.113. The van der Waals surface area contributed by atoms with Gasteiger partial charge in [-0.1, -0.05) is 30.3 Å². The highest BCUT2D eigenvalue weighted by molar-refractivity contribution is 5.67. The number of carbonyl (C=O) groups is 1. The molecule has 2 aliphatic carbocycles. The van der Waals surface area contributed by atoms with Crippen molar-refractivity contribution in [2.75, 3.05) is 0 Å². The van der Waals surface area contributed by atoms with Crippen LogP contribution in [0.2, 0.25) is 0 Å². The van der Waals surface area contributed by atoms with E-state index >= 15 is 0 Å². The summed E-state index contributed by atoms with van der Waals surface area (Å²) in [5.74, 6) is 0. The van der Waals surface area contributed by atoms with E-state index in [9.17, 15) is 9.90 Å². The molecule has 1 aromatic carbocycles. The zero-order valence-electron chi connectivity index (χ0n) is 13.9. The summed E-state index contributed by atoms with van der Waals surface area (Å²) in [6, 6.07) is 9.43. The van der Waals surface area contributed by atoms with Gasteiger partial charge in [0.2, 0.25) is 0 Å². The fourth-order valence-electron chi connectivity index (χ4n) is 2.99. The molecule has 5 N–H and O–H groups in total. The maximum absolute atomic E-state index is 11.5. The third-order valence-electron chi connectivity index (χ3n) is 4.53. The highest BCUT2D eigenvalue weighted by Gasteiger charge is 2.26. The molecule has 2 saturated carbocycles. The molecule has 0 bridgehead atoms. The maximum atomic E-state index is 11.5. The average Bonchev–Trinajstić information content (AvgIpc) is 3.16. The number of ether oxygens (including phenoxy) is 1. The highest BCUT2D eigenvalue weighted by Crippen LogP contribution is 2.18. The normalized spacial score (nSPS) is 28.8. The van der Waals surface area contributed by atoms with Crippen LogP contribution < -0.4 is 11.1 Å². The number of alkyl carbamates (subject to hydrolysis) is 1. The minimum absolute atomic E-state index is 0.0694. The SMILES string of the molecule is N[C@H]1CCC[C@@H]1O.O=C(N[C@H]1CCC[C@@H]1O)OCc1ccccc1. The number of amides is 1. The molecule has 0 aromatic heterocycles. The first-order chi connectivity index (χ1) is 11.6. The zero-order chi connectivity index (χ0) is 17.4. The number of nitrogens with two attached hydrogens (primary N) is 1. The molecule has 0 aliphatic heterocycles. The van der Waals surface area contributed by atoms with E-state index in [4.69, 9.17) is 15.6 Å². The second-order valence-electron chi connectivity index (χ2n) is 6.47. The Labute approximate surface area is 143 Å². The maximum Gasteiger partial charge on any atom is 0.407 e. The molecular formula is C18H28N2O4. The molecule has 1 aromatic rings. The van der Waals surface area contributed by atoms with Crippen molar-refractivity contribution in [1.29, 1.82) is 0 Å². The monoisotopic (exact) mass is 336 g/mol. The molecule has 2 fully saturated rings. The lowest BCUT2D eigenvalue weighted by atomic mass is 10.2. The molecule has 0 heterocycles. The summed E-state index contributed by atoms with van der Waals surface area (Å²) in [4.78, 5) is 11.5. The third kappa shape index (κ3) is 6.11. The van der Waals surface area contributed by atoms with Gasteiger partial charge in [-0.05, 0) is 44.1 Å². The van der Waals surface area contributed by atoms with Crippen molar-refractivity contribution in [3.8, 4) is 0 Å². The van der Waals surface area contributed by atoms with Gasteiger partial charge < -0.3 is 26.0 Å². The number of rotatable bonds is 3. The van der Waals surface area contributed by atoms with Gasteiger partial charge in [-0.3, -0.25) is 0 Å². The van der Waals surface area contributed by atoms with E-state index < -0.39 is 12.2 Å². The number of aliphatic hydroxyl groups excluding tert-OH is 2. The van der Waals surface area contributed by atoms with E-state index in [0.29, 0.717) is 0 Å². The van der Waals surface area contributed by atoms with Gasteiger partial charge in [0.25, 0.3) is 0 Å². The Morgan fingerprint density at radius 1 is 1.08 bits per heavy atom. The molecule has 0 saturated heterocycles.